The summed E-state index contributed by atoms with van der Waals surface area (Å²) in [6.07, 6.45) is 4.45. The van der Waals surface area contributed by atoms with Gasteiger partial charge in [-0.2, -0.15) is 0 Å². The van der Waals surface area contributed by atoms with Gasteiger partial charge in [-0.05, 0) is 122 Å². The molecule has 0 spiro atoms. The first-order chi connectivity index (χ1) is 26.4. The van der Waals surface area contributed by atoms with E-state index in [4.69, 9.17) is 0 Å². The summed E-state index contributed by atoms with van der Waals surface area (Å²) < 4.78 is 0. The van der Waals surface area contributed by atoms with Crippen LogP contribution in [0.4, 0.5) is 34.1 Å². The number of aryl methyl sites for hydroxylation is 4. The molecule has 0 saturated carbocycles. The van der Waals surface area contributed by atoms with Crippen LogP contribution in [0.5, 0.6) is 0 Å². The second-order valence-electron chi connectivity index (χ2n) is 14.2. The Balaban J connectivity index is 1.06. The van der Waals surface area contributed by atoms with Crippen LogP contribution in [0.1, 0.15) is 33.4 Å². The predicted octanol–water partition coefficient (Wildman–Crippen LogP) is 14.9. The van der Waals surface area contributed by atoms with Crippen LogP contribution in [-0.2, 0) is 0 Å². The molecule has 0 amide bonds. The van der Waals surface area contributed by atoms with Gasteiger partial charge in [-0.1, -0.05) is 150 Å². The van der Waals surface area contributed by atoms with Crippen LogP contribution in [0, 0.1) is 27.7 Å². The van der Waals surface area contributed by atoms with Crippen molar-refractivity contribution in [3.8, 4) is 11.1 Å². The summed E-state index contributed by atoms with van der Waals surface area (Å²) in [5.41, 5.74) is 16.6. The summed E-state index contributed by atoms with van der Waals surface area (Å²) in [5, 5.41) is 2.43. The molecule has 0 N–H and O–H groups in total. The third-order valence-corrected chi connectivity index (χ3v) is 10.2. The molecule has 0 radical (unpaired) electrons. The number of rotatable bonds is 9. The number of fused-ring (bicyclic) bond motifs is 1. The summed E-state index contributed by atoms with van der Waals surface area (Å²) in [4.78, 5) is 4.68. The Labute approximate surface area is 319 Å². The molecule has 0 aliphatic carbocycles. The molecule has 54 heavy (non-hydrogen) atoms. The molecule has 0 saturated heterocycles. The van der Waals surface area contributed by atoms with Gasteiger partial charge >= 0.3 is 0 Å². The molecule has 2 nitrogen and oxygen atoms in total. The zero-order chi connectivity index (χ0) is 37.0. The summed E-state index contributed by atoms with van der Waals surface area (Å²) in [5.74, 6) is 0. The highest BCUT2D eigenvalue weighted by molar-refractivity contribution is 6.03. The maximum atomic E-state index is 2.36. The van der Waals surface area contributed by atoms with Crippen molar-refractivity contribution in [1.29, 1.82) is 0 Å². The lowest BCUT2D eigenvalue weighted by Crippen LogP contribution is -2.10. The van der Waals surface area contributed by atoms with Gasteiger partial charge in [-0.25, -0.2) is 0 Å². The van der Waals surface area contributed by atoms with E-state index in [1.165, 1.54) is 49.7 Å². The molecular formula is C52H44N2. The minimum atomic E-state index is 1.13. The number of hydrogen-bond donors (Lipinski definition) is 0. The molecule has 0 aromatic heterocycles. The van der Waals surface area contributed by atoms with Gasteiger partial charge in [0.15, 0.2) is 0 Å². The Morgan fingerprint density at radius 1 is 0.315 bits per heavy atom. The van der Waals surface area contributed by atoms with Crippen LogP contribution in [0.15, 0.2) is 182 Å². The van der Waals surface area contributed by atoms with Gasteiger partial charge in [0.1, 0.15) is 0 Å². The van der Waals surface area contributed by atoms with Crippen LogP contribution in [0.25, 0.3) is 34.1 Å². The van der Waals surface area contributed by atoms with E-state index in [0.29, 0.717) is 0 Å². The lowest BCUT2D eigenvalue weighted by atomic mass is 9.99. The SMILES string of the molecule is Cc1ccc(N(c2ccc(C)cc2)c2ccc(-c3ccc(/C=C/c4ccc(N(c5ccc(C)cc5)c5ccc(C)cc5)c5ccccc45)cc3)cc2)cc1. The zero-order valence-corrected chi connectivity index (χ0v) is 31.4. The molecular weight excluding hydrogens is 653 g/mol. The largest absolute Gasteiger partial charge is 0.311 e. The molecule has 8 rings (SSSR count). The van der Waals surface area contributed by atoms with E-state index in [0.717, 1.165) is 39.7 Å². The van der Waals surface area contributed by atoms with Crippen molar-refractivity contribution in [2.75, 3.05) is 9.80 Å². The van der Waals surface area contributed by atoms with E-state index in [1.54, 1.807) is 0 Å². The third-order valence-electron chi connectivity index (χ3n) is 10.2. The number of anilines is 6. The molecule has 0 bridgehead atoms. The van der Waals surface area contributed by atoms with Gasteiger partial charge in [0.05, 0.1) is 5.69 Å². The quantitative estimate of drug-likeness (QED) is 0.139. The molecule has 0 fully saturated rings. The van der Waals surface area contributed by atoms with Gasteiger partial charge in [0.25, 0.3) is 0 Å². The van der Waals surface area contributed by atoms with Gasteiger partial charge in [-0.3, -0.25) is 0 Å². The van der Waals surface area contributed by atoms with Crippen molar-refractivity contribution < 1.29 is 0 Å². The summed E-state index contributed by atoms with van der Waals surface area (Å²) in [6, 6.07) is 66.0. The van der Waals surface area contributed by atoms with E-state index in [2.05, 4.69) is 232 Å². The highest BCUT2D eigenvalue weighted by Gasteiger charge is 2.17. The van der Waals surface area contributed by atoms with Crippen molar-refractivity contribution in [2.45, 2.75) is 27.7 Å². The van der Waals surface area contributed by atoms with Crippen molar-refractivity contribution in [2.24, 2.45) is 0 Å². The lowest BCUT2D eigenvalue weighted by Gasteiger charge is -2.27. The molecule has 0 atom stereocenters. The molecule has 8 aromatic rings. The number of hydrogen-bond acceptors (Lipinski definition) is 2. The summed E-state index contributed by atoms with van der Waals surface area (Å²) in [7, 11) is 0. The molecule has 0 unspecified atom stereocenters. The average Bonchev–Trinajstić information content (AvgIpc) is 3.21. The Morgan fingerprint density at radius 2 is 0.685 bits per heavy atom. The summed E-state index contributed by atoms with van der Waals surface area (Å²) >= 11 is 0. The second kappa shape index (κ2) is 15.1. The Morgan fingerprint density at radius 3 is 1.13 bits per heavy atom. The van der Waals surface area contributed by atoms with Gasteiger partial charge in [-0.15, -0.1) is 0 Å². The minimum Gasteiger partial charge on any atom is -0.311 e. The highest BCUT2D eigenvalue weighted by Crippen LogP contribution is 2.41. The van der Waals surface area contributed by atoms with Gasteiger partial charge in [0, 0.05) is 33.8 Å². The fraction of sp³-hybridized carbons (Fsp3) is 0.0769. The van der Waals surface area contributed by atoms with Gasteiger partial charge in [0.2, 0.25) is 0 Å². The van der Waals surface area contributed by atoms with Crippen molar-refractivity contribution in [1.82, 2.24) is 0 Å². The Hall–Kier alpha value is -6.64. The normalized spacial score (nSPS) is 11.3. The monoisotopic (exact) mass is 696 g/mol. The van der Waals surface area contributed by atoms with E-state index in [-0.39, 0.29) is 0 Å². The highest BCUT2D eigenvalue weighted by atomic mass is 15.1. The zero-order valence-electron chi connectivity index (χ0n) is 31.4. The lowest BCUT2D eigenvalue weighted by molar-refractivity contribution is 1.27. The van der Waals surface area contributed by atoms with E-state index < -0.39 is 0 Å². The molecule has 2 heteroatoms. The smallest absolute Gasteiger partial charge is 0.0540 e. The third kappa shape index (κ3) is 7.33. The van der Waals surface area contributed by atoms with E-state index in [1.807, 2.05) is 0 Å². The molecule has 262 valence electrons. The van der Waals surface area contributed by atoms with Gasteiger partial charge < -0.3 is 9.80 Å². The van der Waals surface area contributed by atoms with Crippen LogP contribution < -0.4 is 9.80 Å². The first kappa shape index (κ1) is 34.4. The maximum Gasteiger partial charge on any atom is 0.0540 e. The molecule has 0 heterocycles. The van der Waals surface area contributed by atoms with Crippen LogP contribution in [0.2, 0.25) is 0 Å². The molecule has 0 aliphatic heterocycles. The fourth-order valence-electron chi connectivity index (χ4n) is 7.07. The second-order valence-corrected chi connectivity index (χ2v) is 14.2. The standard InChI is InChI=1S/C52H44N2/c1-37-9-26-45(27-10-37)53(46-28-11-38(2)12-29-46)47-34-23-43(24-35-47)42-20-17-41(18-21-42)19-22-44-25-36-52(51-8-6-5-7-50(44)51)54(48-30-13-39(3)14-31-48)49-32-15-40(4)16-33-49/h5-36H,1-4H3/b22-19+. The molecule has 8 aromatic carbocycles. The first-order valence-corrected chi connectivity index (χ1v) is 18.7. The van der Waals surface area contributed by atoms with Crippen LogP contribution in [-0.4, -0.2) is 0 Å². The Kier molecular flexibility index (Phi) is 9.66. The minimum absolute atomic E-state index is 1.13. The van der Waals surface area contributed by atoms with E-state index >= 15 is 0 Å². The fourth-order valence-corrected chi connectivity index (χ4v) is 7.07. The summed E-state index contributed by atoms with van der Waals surface area (Å²) in [6.45, 7) is 8.52. The predicted molar refractivity (Wildman–Crippen MR) is 233 cm³/mol. The average molecular weight is 697 g/mol. The number of benzene rings is 8. The van der Waals surface area contributed by atoms with Crippen LogP contribution >= 0.6 is 0 Å². The topological polar surface area (TPSA) is 6.48 Å². The van der Waals surface area contributed by atoms with E-state index in [9.17, 15) is 0 Å². The van der Waals surface area contributed by atoms with Crippen LogP contribution in [0.3, 0.4) is 0 Å². The first-order valence-electron chi connectivity index (χ1n) is 18.7. The maximum absolute atomic E-state index is 2.36. The van der Waals surface area contributed by atoms with Crippen molar-refractivity contribution in [3.05, 3.63) is 215 Å². The number of nitrogens with zero attached hydrogens (tertiary/aromatic N) is 2. The van der Waals surface area contributed by atoms with Crippen molar-refractivity contribution in [3.63, 3.8) is 0 Å². The molecule has 0 aliphatic rings. The van der Waals surface area contributed by atoms with Crippen molar-refractivity contribution >= 4 is 57.0 Å². The Bertz CT molecular complexity index is 2440.